The number of rotatable bonds is 3. The molecule has 0 aromatic heterocycles. The SMILES string of the molecule is NC(=O)Cc1c(Br)cc(N2CCOCC2)cc1C(F)(F)F. The van der Waals surface area contributed by atoms with Crippen molar-refractivity contribution in [2.24, 2.45) is 5.73 Å². The van der Waals surface area contributed by atoms with E-state index in [1.165, 1.54) is 0 Å². The molecule has 1 aliphatic rings. The van der Waals surface area contributed by atoms with Gasteiger partial charge in [-0.3, -0.25) is 4.79 Å². The number of alkyl halides is 3. The number of morpholine rings is 1. The maximum atomic E-state index is 13.2. The normalized spacial score (nSPS) is 16.1. The number of primary amides is 1. The molecule has 4 nitrogen and oxygen atoms in total. The van der Waals surface area contributed by atoms with Gasteiger partial charge in [-0.2, -0.15) is 13.2 Å². The van der Waals surface area contributed by atoms with Crippen molar-refractivity contribution in [1.82, 2.24) is 0 Å². The maximum absolute atomic E-state index is 13.2. The molecular formula is C13H14BrF3N2O2. The van der Waals surface area contributed by atoms with E-state index in [-0.39, 0.29) is 10.0 Å². The molecule has 1 heterocycles. The van der Waals surface area contributed by atoms with E-state index in [2.05, 4.69) is 15.9 Å². The Bertz CT molecular complexity index is 543. The number of anilines is 1. The van der Waals surface area contributed by atoms with Gasteiger partial charge < -0.3 is 15.4 Å². The second-order valence-corrected chi connectivity index (χ2v) is 5.55. The van der Waals surface area contributed by atoms with E-state index in [9.17, 15) is 18.0 Å². The van der Waals surface area contributed by atoms with Crippen molar-refractivity contribution in [1.29, 1.82) is 0 Å². The van der Waals surface area contributed by atoms with Crippen LogP contribution in [0.2, 0.25) is 0 Å². The number of carbonyl (C=O) groups is 1. The summed E-state index contributed by atoms with van der Waals surface area (Å²) in [7, 11) is 0. The highest BCUT2D eigenvalue weighted by molar-refractivity contribution is 9.10. The molecule has 1 fully saturated rings. The Labute approximate surface area is 128 Å². The second-order valence-electron chi connectivity index (χ2n) is 4.69. The largest absolute Gasteiger partial charge is 0.416 e. The highest BCUT2D eigenvalue weighted by Crippen LogP contribution is 2.38. The van der Waals surface area contributed by atoms with Crippen molar-refractivity contribution in [2.75, 3.05) is 31.2 Å². The van der Waals surface area contributed by atoms with Crippen molar-refractivity contribution in [3.63, 3.8) is 0 Å². The second kappa shape index (κ2) is 6.23. The number of nitrogens with two attached hydrogens (primary N) is 1. The van der Waals surface area contributed by atoms with Gasteiger partial charge in [0, 0.05) is 23.2 Å². The third kappa shape index (κ3) is 3.88. The van der Waals surface area contributed by atoms with Crippen LogP contribution in [0.1, 0.15) is 11.1 Å². The monoisotopic (exact) mass is 366 g/mol. The Morgan fingerprint density at radius 3 is 2.48 bits per heavy atom. The van der Waals surface area contributed by atoms with Crippen molar-refractivity contribution in [3.05, 3.63) is 27.7 Å². The van der Waals surface area contributed by atoms with Gasteiger partial charge in [-0.25, -0.2) is 0 Å². The maximum Gasteiger partial charge on any atom is 0.416 e. The summed E-state index contributed by atoms with van der Waals surface area (Å²) in [6, 6.07) is 2.65. The van der Waals surface area contributed by atoms with Crippen LogP contribution in [-0.2, 0) is 22.1 Å². The van der Waals surface area contributed by atoms with Gasteiger partial charge in [-0.15, -0.1) is 0 Å². The summed E-state index contributed by atoms with van der Waals surface area (Å²) in [5, 5.41) is 0. The molecule has 2 rings (SSSR count). The first-order valence-electron chi connectivity index (χ1n) is 6.29. The van der Waals surface area contributed by atoms with Gasteiger partial charge in [0.05, 0.1) is 25.2 Å². The van der Waals surface area contributed by atoms with Crippen LogP contribution in [0, 0.1) is 0 Å². The third-order valence-electron chi connectivity index (χ3n) is 3.21. The lowest BCUT2D eigenvalue weighted by atomic mass is 10.0. The first-order valence-corrected chi connectivity index (χ1v) is 7.09. The van der Waals surface area contributed by atoms with Crippen LogP contribution in [0.4, 0.5) is 18.9 Å². The molecule has 0 unspecified atom stereocenters. The number of hydrogen-bond acceptors (Lipinski definition) is 3. The van der Waals surface area contributed by atoms with Gasteiger partial charge in [0.25, 0.3) is 0 Å². The minimum Gasteiger partial charge on any atom is -0.378 e. The van der Waals surface area contributed by atoms with Crippen LogP contribution in [0.15, 0.2) is 16.6 Å². The molecule has 0 spiro atoms. The molecule has 21 heavy (non-hydrogen) atoms. The molecule has 1 saturated heterocycles. The number of amides is 1. The summed E-state index contributed by atoms with van der Waals surface area (Å²) in [6.45, 7) is 2.00. The quantitative estimate of drug-likeness (QED) is 0.893. The van der Waals surface area contributed by atoms with Crippen LogP contribution >= 0.6 is 15.9 Å². The highest BCUT2D eigenvalue weighted by atomic mass is 79.9. The van der Waals surface area contributed by atoms with Crippen LogP contribution in [0.5, 0.6) is 0 Å². The van der Waals surface area contributed by atoms with E-state index in [4.69, 9.17) is 10.5 Å². The number of ether oxygens (including phenoxy) is 1. The fraction of sp³-hybridized carbons (Fsp3) is 0.462. The van der Waals surface area contributed by atoms with E-state index in [1.54, 1.807) is 6.07 Å². The summed E-state index contributed by atoms with van der Waals surface area (Å²) in [5.41, 5.74) is 4.51. The molecule has 1 aliphatic heterocycles. The molecule has 0 radical (unpaired) electrons. The van der Waals surface area contributed by atoms with Gasteiger partial charge in [-0.1, -0.05) is 15.9 Å². The first kappa shape index (κ1) is 16.1. The Balaban J connectivity index is 2.46. The number of carbonyl (C=O) groups excluding carboxylic acids is 1. The molecule has 0 bridgehead atoms. The van der Waals surface area contributed by atoms with Crippen molar-refractivity contribution in [2.45, 2.75) is 12.6 Å². The minimum atomic E-state index is -4.55. The zero-order chi connectivity index (χ0) is 15.6. The molecule has 0 aliphatic carbocycles. The van der Waals surface area contributed by atoms with Gasteiger partial charge in [-0.05, 0) is 17.7 Å². The Morgan fingerprint density at radius 2 is 1.95 bits per heavy atom. The summed E-state index contributed by atoms with van der Waals surface area (Å²) >= 11 is 3.12. The lowest BCUT2D eigenvalue weighted by molar-refractivity contribution is -0.138. The summed E-state index contributed by atoms with van der Waals surface area (Å²) < 4.78 is 45.1. The molecule has 116 valence electrons. The zero-order valence-corrected chi connectivity index (χ0v) is 12.6. The van der Waals surface area contributed by atoms with E-state index >= 15 is 0 Å². The number of hydrogen-bond donors (Lipinski definition) is 1. The predicted molar refractivity (Wildman–Crippen MR) is 75.1 cm³/mol. The Hall–Kier alpha value is -1.28. The van der Waals surface area contributed by atoms with Crippen LogP contribution in [-0.4, -0.2) is 32.2 Å². The fourth-order valence-corrected chi connectivity index (χ4v) is 2.82. The van der Waals surface area contributed by atoms with E-state index in [0.29, 0.717) is 32.0 Å². The topological polar surface area (TPSA) is 55.6 Å². The van der Waals surface area contributed by atoms with E-state index in [0.717, 1.165) is 6.07 Å². The molecule has 1 aromatic rings. The lowest BCUT2D eigenvalue weighted by Gasteiger charge is -2.30. The Kier molecular flexibility index (Phi) is 4.77. The third-order valence-corrected chi connectivity index (χ3v) is 3.92. The molecule has 1 amide bonds. The van der Waals surface area contributed by atoms with Crippen LogP contribution in [0.25, 0.3) is 0 Å². The highest BCUT2D eigenvalue weighted by Gasteiger charge is 2.35. The predicted octanol–water partition coefficient (Wildman–Crippen LogP) is 2.33. The average Bonchev–Trinajstić information content (AvgIpc) is 2.40. The van der Waals surface area contributed by atoms with Crippen molar-refractivity contribution in [3.8, 4) is 0 Å². The van der Waals surface area contributed by atoms with Crippen LogP contribution in [0.3, 0.4) is 0 Å². The van der Waals surface area contributed by atoms with E-state index < -0.39 is 24.1 Å². The summed E-state index contributed by atoms with van der Waals surface area (Å²) in [6.07, 6.45) is -5.01. The number of halogens is 4. The average molecular weight is 367 g/mol. The standard InChI is InChI=1S/C13H14BrF3N2O2/c14-11-6-8(19-1-3-21-4-2-19)5-10(13(15,16)17)9(11)7-12(18)20/h5-6H,1-4,7H2,(H2,18,20). The zero-order valence-electron chi connectivity index (χ0n) is 11.0. The fourth-order valence-electron chi connectivity index (χ4n) is 2.23. The first-order chi connectivity index (χ1) is 9.79. The molecule has 8 heteroatoms. The number of nitrogens with zero attached hydrogens (tertiary/aromatic N) is 1. The van der Waals surface area contributed by atoms with Gasteiger partial charge in [0.15, 0.2) is 0 Å². The van der Waals surface area contributed by atoms with Crippen LogP contribution < -0.4 is 10.6 Å². The summed E-state index contributed by atoms with van der Waals surface area (Å²) in [4.78, 5) is 12.8. The molecule has 0 atom stereocenters. The molecule has 0 saturated carbocycles. The Morgan fingerprint density at radius 1 is 1.33 bits per heavy atom. The van der Waals surface area contributed by atoms with Crippen molar-refractivity contribution < 1.29 is 22.7 Å². The number of benzene rings is 1. The molecule has 2 N–H and O–H groups in total. The van der Waals surface area contributed by atoms with Crippen molar-refractivity contribution >= 4 is 27.5 Å². The molecular weight excluding hydrogens is 353 g/mol. The van der Waals surface area contributed by atoms with Gasteiger partial charge >= 0.3 is 6.18 Å². The molecule has 1 aromatic carbocycles. The van der Waals surface area contributed by atoms with Gasteiger partial charge in [0.1, 0.15) is 0 Å². The summed E-state index contributed by atoms with van der Waals surface area (Å²) in [5.74, 6) is -0.805. The van der Waals surface area contributed by atoms with Gasteiger partial charge in [0.2, 0.25) is 5.91 Å². The smallest absolute Gasteiger partial charge is 0.378 e. The van der Waals surface area contributed by atoms with E-state index in [1.807, 2.05) is 4.90 Å². The lowest BCUT2D eigenvalue weighted by Crippen LogP contribution is -2.36. The minimum absolute atomic E-state index is 0.132.